The van der Waals surface area contributed by atoms with Gasteiger partial charge in [-0.15, -0.1) is 0 Å². The van der Waals surface area contributed by atoms with Gasteiger partial charge in [0.05, 0.1) is 0 Å². The number of hydrogen-bond acceptors (Lipinski definition) is 0. The predicted molar refractivity (Wildman–Crippen MR) is 46.0 cm³/mol. The normalized spacial score (nSPS) is 28.7. The molecule has 0 N–H and O–H groups in total. The van der Waals surface area contributed by atoms with E-state index in [0.717, 1.165) is 5.92 Å². The summed E-state index contributed by atoms with van der Waals surface area (Å²) in [7, 11) is 0. The SMILES string of the molecule is CC1CC=CCCCCC1. The highest BCUT2D eigenvalue weighted by atomic mass is 14.1. The van der Waals surface area contributed by atoms with E-state index >= 15 is 0 Å². The molecule has 0 aromatic rings. The fourth-order valence-corrected chi connectivity index (χ4v) is 1.50. The standard InChI is InChI=1S/C10H18/c1-10-8-6-4-2-3-5-7-9-10/h4,6,10H,2-3,5,7-9H2,1H3. The molecule has 0 spiro atoms. The van der Waals surface area contributed by atoms with E-state index in [1.165, 1.54) is 38.5 Å². The third kappa shape index (κ3) is 3.05. The van der Waals surface area contributed by atoms with Crippen LogP contribution in [0.4, 0.5) is 0 Å². The summed E-state index contributed by atoms with van der Waals surface area (Å²) in [6.07, 6.45) is 13.1. The second-order valence-electron chi connectivity index (χ2n) is 3.45. The first-order valence-corrected chi connectivity index (χ1v) is 4.54. The molecule has 0 bridgehead atoms. The van der Waals surface area contributed by atoms with Crippen LogP contribution in [0.5, 0.6) is 0 Å². The lowest BCUT2D eigenvalue weighted by Crippen LogP contribution is -1.90. The zero-order valence-electron chi connectivity index (χ0n) is 6.97. The lowest BCUT2D eigenvalue weighted by atomic mass is 10.0. The molecule has 1 aliphatic carbocycles. The molecular weight excluding hydrogens is 120 g/mol. The van der Waals surface area contributed by atoms with Crippen molar-refractivity contribution in [3.63, 3.8) is 0 Å². The molecule has 0 heterocycles. The Kier molecular flexibility index (Phi) is 3.56. The minimum atomic E-state index is 0.925. The molecule has 0 saturated heterocycles. The highest BCUT2D eigenvalue weighted by Crippen LogP contribution is 2.16. The predicted octanol–water partition coefficient (Wildman–Crippen LogP) is 3.53. The Morgan fingerprint density at radius 2 is 2.00 bits per heavy atom. The zero-order valence-corrected chi connectivity index (χ0v) is 6.97. The molecule has 0 fully saturated rings. The quantitative estimate of drug-likeness (QED) is 0.449. The lowest BCUT2D eigenvalue weighted by molar-refractivity contribution is 0.503. The van der Waals surface area contributed by atoms with Gasteiger partial charge in [0.25, 0.3) is 0 Å². The van der Waals surface area contributed by atoms with Crippen LogP contribution in [0.1, 0.15) is 45.4 Å². The van der Waals surface area contributed by atoms with Crippen LogP contribution in [0.2, 0.25) is 0 Å². The van der Waals surface area contributed by atoms with Gasteiger partial charge in [-0.3, -0.25) is 0 Å². The van der Waals surface area contributed by atoms with Crippen LogP contribution in [0.3, 0.4) is 0 Å². The smallest absolute Gasteiger partial charge is 0.0325 e. The Balaban J connectivity index is 2.26. The molecule has 0 amide bonds. The van der Waals surface area contributed by atoms with E-state index in [1.807, 2.05) is 0 Å². The average molecular weight is 138 g/mol. The largest absolute Gasteiger partial charge is 0.0885 e. The Morgan fingerprint density at radius 3 is 2.90 bits per heavy atom. The minimum Gasteiger partial charge on any atom is -0.0885 e. The first kappa shape index (κ1) is 7.84. The van der Waals surface area contributed by atoms with Gasteiger partial charge in [-0.05, 0) is 25.2 Å². The van der Waals surface area contributed by atoms with Crippen LogP contribution >= 0.6 is 0 Å². The summed E-state index contributed by atoms with van der Waals surface area (Å²) >= 11 is 0. The Bertz CT molecular complexity index is 103. The lowest BCUT2D eigenvalue weighted by Gasteiger charge is -2.05. The first-order chi connectivity index (χ1) is 4.89. The van der Waals surface area contributed by atoms with E-state index in [2.05, 4.69) is 19.1 Å². The van der Waals surface area contributed by atoms with Crippen molar-refractivity contribution in [2.24, 2.45) is 5.92 Å². The molecule has 0 heteroatoms. The van der Waals surface area contributed by atoms with Crippen molar-refractivity contribution in [3.8, 4) is 0 Å². The molecule has 58 valence electrons. The van der Waals surface area contributed by atoms with Crippen LogP contribution in [-0.4, -0.2) is 0 Å². The van der Waals surface area contributed by atoms with Gasteiger partial charge >= 0.3 is 0 Å². The van der Waals surface area contributed by atoms with Crippen LogP contribution < -0.4 is 0 Å². The summed E-state index contributed by atoms with van der Waals surface area (Å²) in [6, 6.07) is 0. The third-order valence-electron chi connectivity index (χ3n) is 2.27. The van der Waals surface area contributed by atoms with Crippen molar-refractivity contribution in [2.45, 2.75) is 45.4 Å². The zero-order chi connectivity index (χ0) is 7.23. The van der Waals surface area contributed by atoms with E-state index in [0.29, 0.717) is 0 Å². The maximum absolute atomic E-state index is 2.36. The van der Waals surface area contributed by atoms with Crippen molar-refractivity contribution in [1.82, 2.24) is 0 Å². The van der Waals surface area contributed by atoms with Gasteiger partial charge in [-0.2, -0.15) is 0 Å². The highest BCUT2D eigenvalue weighted by molar-refractivity contribution is 4.84. The minimum absolute atomic E-state index is 0.925. The molecule has 0 saturated carbocycles. The van der Waals surface area contributed by atoms with Gasteiger partial charge in [0.2, 0.25) is 0 Å². The Hall–Kier alpha value is -0.260. The van der Waals surface area contributed by atoms with Crippen molar-refractivity contribution in [1.29, 1.82) is 0 Å². The summed E-state index contributed by atoms with van der Waals surface area (Å²) in [6.45, 7) is 2.36. The molecule has 10 heavy (non-hydrogen) atoms. The maximum Gasteiger partial charge on any atom is -0.0325 e. The van der Waals surface area contributed by atoms with Crippen molar-refractivity contribution >= 4 is 0 Å². The molecule has 1 atom stereocenters. The second kappa shape index (κ2) is 4.54. The molecule has 0 aromatic carbocycles. The number of allylic oxidation sites excluding steroid dienone is 2. The van der Waals surface area contributed by atoms with E-state index in [9.17, 15) is 0 Å². The van der Waals surface area contributed by atoms with Gasteiger partial charge in [-0.25, -0.2) is 0 Å². The summed E-state index contributed by atoms with van der Waals surface area (Å²) in [4.78, 5) is 0. The van der Waals surface area contributed by atoms with Crippen LogP contribution in [0.25, 0.3) is 0 Å². The number of hydrogen-bond donors (Lipinski definition) is 0. The molecule has 0 nitrogen and oxygen atoms in total. The van der Waals surface area contributed by atoms with Gasteiger partial charge < -0.3 is 0 Å². The summed E-state index contributed by atoms with van der Waals surface area (Å²) < 4.78 is 0. The van der Waals surface area contributed by atoms with E-state index in [-0.39, 0.29) is 0 Å². The molecule has 1 aliphatic rings. The van der Waals surface area contributed by atoms with Gasteiger partial charge in [0.1, 0.15) is 0 Å². The Morgan fingerprint density at radius 1 is 1.10 bits per heavy atom. The molecule has 0 aliphatic heterocycles. The second-order valence-corrected chi connectivity index (χ2v) is 3.45. The maximum atomic E-state index is 2.36. The van der Waals surface area contributed by atoms with Crippen molar-refractivity contribution in [3.05, 3.63) is 12.2 Å². The fourth-order valence-electron chi connectivity index (χ4n) is 1.50. The topological polar surface area (TPSA) is 0 Å². The summed E-state index contributed by atoms with van der Waals surface area (Å²) in [5, 5.41) is 0. The summed E-state index contributed by atoms with van der Waals surface area (Å²) in [5.41, 5.74) is 0. The molecule has 0 aromatic heterocycles. The van der Waals surface area contributed by atoms with Crippen molar-refractivity contribution < 1.29 is 0 Å². The van der Waals surface area contributed by atoms with Crippen LogP contribution in [0, 0.1) is 5.92 Å². The molecule has 1 unspecified atom stereocenters. The van der Waals surface area contributed by atoms with Crippen molar-refractivity contribution in [2.75, 3.05) is 0 Å². The van der Waals surface area contributed by atoms with E-state index < -0.39 is 0 Å². The first-order valence-electron chi connectivity index (χ1n) is 4.54. The van der Waals surface area contributed by atoms with Crippen LogP contribution in [0.15, 0.2) is 12.2 Å². The fraction of sp³-hybridized carbons (Fsp3) is 0.800. The Labute approximate surface area is 64.3 Å². The average Bonchev–Trinajstić information content (AvgIpc) is 2.02. The number of rotatable bonds is 0. The van der Waals surface area contributed by atoms with Gasteiger partial charge in [0.15, 0.2) is 0 Å². The third-order valence-corrected chi connectivity index (χ3v) is 2.27. The van der Waals surface area contributed by atoms with E-state index in [4.69, 9.17) is 0 Å². The van der Waals surface area contributed by atoms with Gasteiger partial charge in [-0.1, -0.05) is 38.3 Å². The summed E-state index contributed by atoms with van der Waals surface area (Å²) in [5.74, 6) is 0.925. The molecule has 1 rings (SSSR count). The van der Waals surface area contributed by atoms with E-state index in [1.54, 1.807) is 0 Å². The highest BCUT2D eigenvalue weighted by Gasteiger charge is 2.00. The van der Waals surface area contributed by atoms with Crippen LogP contribution in [-0.2, 0) is 0 Å². The molecule has 0 radical (unpaired) electrons. The molecular formula is C10H18. The monoisotopic (exact) mass is 138 g/mol. The van der Waals surface area contributed by atoms with Gasteiger partial charge in [0, 0.05) is 0 Å².